The lowest BCUT2D eigenvalue weighted by Gasteiger charge is -2.15. The third-order valence-electron chi connectivity index (χ3n) is 3.95. The average molecular weight is 407 g/mol. The first kappa shape index (κ1) is 21.2. The van der Waals surface area contributed by atoms with E-state index < -0.39 is 0 Å². The van der Waals surface area contributed by atoms with Gasteiger partial charge in [0.05, 0.1) is 13.2 Å². The molecule has 0 aliphatic rings. The minimum absolute atomic E-state index is 0.0299. The predicted octanol–water partition coefficient (Wildman–Crippen LogP) is 3.95. The largest absolute Gasteiger partial charge is 0.457 e. The van der Waals surface area contributed by atoms with Crippen molar-refractivity contribution in [3.63, 3.8) is 0 Å². The van der Waals surface area contributed by atoms with E-state index in [1.807, 2.05) is 61.5 Å². The molecular formula is C22H25N5O3. The van der Waals surface area contributed by atoms with Gasteiger partial charge in [-0.3, -0.25) is 10.1 Å². The quantitative estimate of drug-likeness (QED) is 0.554. The minimum Gasteiger partial charge on any atom is -0.457 e. The Balaban J connectivity index is 1.46. The third-order valence-corrected chi connectivity index (χ3v) is 3.95. The number of carbonyl (C=O) groups is 1. The van der Waals surface area contributed by atoms with Crippen LogP contribution < -0.4 is 15.4 Å². The maximum atomic E-state index is 11.2. The van der Waals surface area contributed by atoms with Gasteiger partial charge in [-0.2, -0.15) is 15.0 Å². The highest BCUT2D eigenvalue weighted by Gasteiger charge is 2.09. The van der Waals surface area contributed by atoms with Gasteiger partial charge in [0.25, 0.3) is 0 Å². The van der Waals surface area contributed by atoms with Crippen molar-refractivity contribution in [2.45, 2.75) is 33.4 Å². The summed E-state index contributed by atoms with van der Waals surface area (Å²) in [7, 11) is 0. The van der Waals surface area contributed by atoms with E-state index in [9.17, 15) is 4.79 Å². The molecule has 1 aromatic heterocycles. The molecule has 3 aromatic rings. The molecule has 1 atom stereocenters. The summed E-state index contributed by atoms with van der Waals surface area (Å²) in [4.78, 5) is 23.7. The van der Waals surface area contributed by atoms with Crippen LogP contribution in [0.15, 0.2) is 54.6 Å². The monoisotopic (exact) mass is 407 g/mol. The van der Waals surface area contributed by atoms with Crippen LogP contribution in [0.4, 0.5) is 11.9 Å². The van der Waals surface area contributed by atoms with Crippen molar-refractivity contribution in [1.82, 2.24) is 15.0 Å². The minimum atomic E-state index is -0.233. The number of hydrogen-bond donors (Lipinski definition) is 2. The van der Waals surface area contributed by atoms with E-state index in [0.29, 0.717) is 25.0 Å². The molecule has 1 unspecified atom stereocenters. The number of benzene rings is 2. The van der Waals surface area contributed by atoms with Gasteiger partial charge in [0.1, 0.15) is 17.3 Å². The third kappa shape index (κ3) is 6.82. The molecule has 156 valence electrons. The van der Waals surface area contributed by atoms with Gasteiger partial charge in [-0.25, -0.2) is 0 Å². The summed E-state index contributed by atoms with van der Waals surface area (Å²) in [6.07, 6.45) is 0. The van der Waals surface area contributed by atoms with Crippen molar-refractivity contribution in [1.29, 1.82) is 0 Å². The van der Waals surface area contributed by atoms with E-state index in [-0.39, 0.29) is 17.9 Å². The molecule has 0 bridgehead atoms. The van der Waals surface area contributed by atoms with Crippen LogP contribution in [0.2, 0.25) is 0 Å². The number of nitrogens with zero attached hydrogens (tertiary/aromatic N) is 3. The zero-order valence-electron chi connectivity index (χ0n) is 17.3. The molecule has 3 rings (SSSR count). The fourth-order valence-electron chi connectivity index (χ4n) is 2.65. The Bertz CT molecular complexity index is 964. The Morgan fingerprint density at radius 3 is 2.33 bits per heavy atom. The fourth-order valence-corrected chi connectivity index (χ4v) is 2.65. The van der Waals surface area contributed by atoms with Crippen molar-refractivity contribution in [3.8, 4) is 11.5 Å². The van der Waals surface area contributed by atoms with Gasteiger partial charge in [0, 0.05) is 13.0 Å². The van der Waals surface area contributed by atoms with E-state index in [1.165, 1.54) is 6.92 Å². The van der Waals surface area contributed by atoms with Gasteiger partial charge in [-0.1, -0.05) is 30.3 Å². The Kier molecular flexibility index (Phi) is 7.29. The number of aryl methyl sites for hydroxylation is 1. The molecule has 8 heteroatoms. The molecular weight excluding hydrogens is 382 g/mol. The van der Waals surface area contributed by atoms with E-state index >= 15 is 0 Å². The lowest BCUT2D eigenvalue weighted by molar-refractivity contribution is -0.114. The number of ether oxygens (including phenoxy) is 2. The second-order valence-electron chi connectivity index (χ2n) is 6.83. The van der Waals surface area contributed by atoms with E-state index in [2.05, 4.69) is 25.6 Å². The fraction of sp³-hybridized carbons (Fsp3) is 0.273. The first-order valence-corrected chi connectivity index (χ1v) is 9.64. The number of nitrogens with one attached hydrogen (secondary N) is 2. The Labute approximate surface area is 175 Å². The highest BCUT2D eigenvalue weighted by molar-refractivity contribution is 5.86. The molecule has 0 saturated heterocycles. The summed E-state index contributed by atoms with van der Waals surface area (Å²) < 4.78 is 11.6. The van der Waals surface area contributed by atoms with Crippen molar-refractivity contribution in [2.75, 3.05) is 17.2 Å². The normalized spacial score (nSPS) is 11.6. The SMILES string of the molecule is CC(=O)Nc1nc(C)nc(NC(C)COCc2ccc(Oc3ccccc3)cc2)n1. The van der Waals surface area contributed by atoms with Gasteiger partial charge in [-0.15, -0.1) is 0 Å². The number of rotatable bonds is 9. The first-order valence-electron chi connectivity index (χ1n) is 9.64. The second-order valence-corrected chi connectivity index (χ2v) is 6.83. The highest BCUT2D eigenvalue weighted by atomic mass is 16.5. The van der Waals surface area contributed by atoms with E-state index in [0.717, 1.165) is 17.1 Å². The topological polar surface area (TPSA) is 98.3 Å². The molecule has 0 spiro atoms. The van der Waals surface area contributed by atoms with Crippen LogP contribution in [-0.4, -0.2) is 33.5 Å². The number of amides is 1. The number of hydrogen-bond acceptors (Lipinski definition) is 7. The van der Waals surface area contributed by atoms with Gasteiger partial charge in [0.15, 0.2) is 0 Å². The van der Waals surface area contributed by atoms with Crippen LogP contribution in [0.25, 0.3) is 0 Å². The molecule has 0 aliphatic heterocycles. The van der Waals surface area contributed by atoms with Crippen LogP contribution >= 0.6 is 0 Å². The molecule has 0 radical (unpaired) electrons. The maximum absolute atomic E-state index is 11.2. The van der Waals surface area contributed by atoms with Crippen LogP contribution in [0.1, 0.15) is 25.2 Å². The Hall–Kier alpha value is -3.52. The van der Waals surface area contributed by atoms with E-state index in [4.69, 9.17) is 9.47 Å². The summed E-state index contributed by atoms with van der Waals surface area (Å²) in [5, 5.41) is 5.72. The number of aromatic nitrogens is 3. The molecule has 2 N–H and O–H groups in total. The second kappa shape index (κ2) is 10.3. The summed E-state index contributed by atoms with van der Waals surface area (Å²) in [5.41, 5.74) is 1.05. The smallest absolute Gasteiger partial charge is 0.234 e. The molecule has 0 aliphatic carbocycles. The molecule has 8 nitrogen and oxygen atoms in total. The van der Waals surface area contributed by atoms with Crippen molar-refractivity contribution >= 4 is 17.8 Å². The molecule has 30 heavy (non-hydrogen) atoms. The first-order chi connectivity index (χ1) is 14.5. The summed E-state index contributed by atoms with van der Waals surface area (Å²) >= 11 is 0. The van der Waals surface area contributed by atoms with Crippen LogP contribution in [0.5, 0.6) is 11.5 Å². The maximum Gasteiger partial charge on any atom is 0.234 e. The highest BCUT2D eigenvalue weighted by Crippen LogP contribution is 2.21. The molecule has 1 amide bonds. The standard InChI is InChI=1S/C22H25N5O3/c1-15(23-21-24-16(2)25-22(27-21)26-17(3)28)13-29-14-18-9-11-20(12-10-18)30-19-7-5-4-6-8-19/h4-12,15H,13-14H2,1-3H3,(H2,23,24,25,26,27,28). The zero-order chi connectivity index (χ0) is 21.3. The van der Waals surface area contributed by atoms with Crippen molar-refractivity contribution in [2.24, 2.45) is 0 Å². The summed E-state index contributed by atoms with van der Waals surface area (Å²) in [5.74, 6) is 2.48. The number of anilines is 2. The Morgan fingerprint density at radius 1 is 0.967 bits per heavy atom. The molecule has 2 aromatic carbocycles. The number of carbonyl (C=O) groups excluding carboxylic acids is 1. The van der Waals surface area contributed by atoms with Gasteiger partial charge in [-0.05, 0) is 43.7 Å². The van der Waals surface area contributed by atoms with Crippen LogP contribution in [0, 0.1) is 6.92 Å². The van der Waals surface area contributed by atoms with E-state index in [1.54, 1.807) is 6.92 Å². The van der Waals surface area contributed by atoms with Gasteiger partial charge < -0.3 is 14.8 Å². The summed E-state index contributed by atoms with van der Waals surface area (Å²) in [6, 6.07) is 17.4. The van der Waals surface area contributed by atoms with Gasteiger partial charge in [0.2, 0.25) is 17.8 Å². The molecule has 1 heterocycles. The molecule has 0 saturated carbocycles. The zero-order valence-corrected chi connectivity index (χ0v) is 17.3. The van der Waals surface area contributed by atoms with Crippen LogP contribution in [0.3, 0.4) is 0 Å². The Morgan fingerprint density at radius 2 is 1.63 bits per heavy atom. The predicted molar refractivity (Wildman–Crippen MR) is 115 cm³/mol. The van der Waals surface area contributed by atoms with Crippen molar-refractivity contribution in [3.05, 3.63) is 66.0 Å². The lowest BCUT2D eigenvalue weighted by Crippen LogP contribution is -2.24. The van der Waals surface area contributed by atoms with Crippen molar-refractivity contribution < 1.29 is 14.3 Å². The van der Waals surface area contributed by atoms with Gasteiger partial charge >= 0.3 is 0 Å². The summed E-state index contributed by atoms with van der Waals surface area (Å²) in [6.45, 7) is 6.05. The average Bonchev–Trinajstić information content (AvgIpc) is 2.69. The lowest BCUT2D eigenvalue weighted by atomic mass is 10.2. The number of para-hydroxylation sites is 1. The molecule has 0 fully saturated rings. The van der Waals surface area contributed by atoms with Crippen LogP contribution in [-0.2, 0) is 16.1 Å².